The molecule has 0 bridgehead atoms. The molecule has 0 aromatic heterocycles. The van der Waals surface area contributed by atoms with Crippen LogP contribution in [-0.2, 0) is 4.79 Å². The van der Waals surface area contributed by atoms with Gasteiger partial charge >= 0.3 is 0 Å². The highest BCUT2D eigenvalue weighted by Gasteiger charge is 2.20. The van der Waals surface area contributed by atoms with Crippen molar-refractivity contribution >= 4 is 24.0 Å². The highest BCUT2D eigenvalue weighted by Crippen LogP contribution is 2.19. The Bertz CT molecular complexity index is 420. The van der Waals surface area contributed by atoms with E-state index in [9.17, 15) is 4.79 Å². The summed E-state index contributed by atoms with van der Waals surface area (Å²) >= 11 is 0. The predicted octanol–water partition coefficient (Wildman–Crippen LogP) is 2.84. The SMILES string of the molecule is CCCOc1cccc(NC(=O)C2CCCNC2)c1.Cl. The molecule has 1 amide bonds. The minimum Gasteiger partial charge on any atom is -0.494 e. The average molecular weight is 299 g/mol. The molecule has 4 nitrogen and oxygen atoms in total. The molecule has 1 aromatic rings. The van der Waals surface area contributed by atoms with Crippen LogP contribution in [0.5, 0.6) is 5.75 Å². The number of nitrogens with one attached hydrogen (secondary N) is 2. The maximum atomic E-state index is 12.1. The van der Waals surface area contributed by atoms with Crippen molar-refractivity contribution in [3.63, 3.8) is 0 Å². The molecule has 1 aromatic carbocycles. The van der Waals surface area contributed by atoms with E-state index in [0.717, 1.165) is 43.8 Å². The van der Waals surface area contributed by atoms with E-state index in [-0.39, 0.29) is 24.2 Å². The van der Waals surface area contributed by atoms with E-state index in [4.69, 9.17) is 4.74 Å². The molecule has 1 unspecified atom stereocenters. The fourth-order valence-electron chi connectivity index (χ4n) is 2.20. The van der Waals surface area contributed by atoms with E-state index in [1.807, 2.05) is 24.3 Å². The van der Waals surface area contributed by atoms with Crippen LogP contribution in [0.4, 0.5) is 5.69 Å². The molecule has 1 atom stereocenters. The van der Waals surface area contributed by atoms with Crippen LogP contribution >= 0.6 is 12.4 Å². The Kier molecular flexibility index (Phi) is 7.41. The van der Waals surface area contributed by atoms with Gasteiger partial charge in [0, 0.05) is 18.3 Å². The van der Waals surface area contributed by atoms with Crippen molar-refractivity contribution in [3.05, 3.63) is 24.3 Å². The normalized spacial score (nSPS) is 17.9. The monoisotopic (exact) mass is 298 g/mol. The van der Waals surface area contributed by atoms with Crippen LogP contribution in [0.25, 0.3) is 0 Å². The van der Waals surface area contributed by atoms with Crippen LogP contribution < -0.4 is 15.4 Å². The molecule has 0 aliphatic carbocycles. The summed E-state index contributed by atoms with van der Waals surface area (Å²) in [5, 5.41) is 6.22. The zero-order valence-electron chi connectivity index (χ0n) is 11.9. The summed E-state index contributed by atoms with van der Waals surface area (Å²) in [6.07, 6.45) is 3.01. The van der Waals surface area contributed by atoms with Crippen LogP contribution in [0.3, 0.4) is 0 Å². The molecule has 1 heterocycles. The zero-order chi connectivity index (χ0) is 13.5. The first kappa shape index (κ1) is 16.8. The number of hydrogen-bond acceptors (Lipinski definition) is 3. The zero-order valence-corrected chi connectivity index (χ0v) is 12.7. The van der Waals surface area contributed by atoms with Gasteiger partial charge < -0.3 is 15.4 Å². The molecule has 2 N–H and O–H groups in total. The van der Waals surface area contributed by atoms with Gasteiger partial charge in [-0.2, -0.15) is 0 Å². The van der Waals surface area contributed by atoms with Crippen LogP contribution in [-0.4, -0.2) is 25.6 Å². The van der Waals surface area contributed by atoms with Crippen molar-refractivity contribution in [3.8, 4) is 5.75 Å². The molecule has 1 saturated heterocycles. The number of ether oxygens (including phenoxy) is 1. The summed E-state index contributed by atoms with van der Waals surface area (Å²) in [4.78, 5) is 12.1. The van der Waals surface area contributed by atoms with Gasteiger partial charge in [0.25, 0.3) is 0 Å². The van der Waals surface area contributed by atoms with Gasteiger partial charge in [0.2, 0.25) is 5.91 Å². The summed E-state index contributed by atoms with van der Waals surface area (Å²) in [6.45, 7) is 4.56. The third-order valence-corrected chi connectivity index (χ3v) is 3.24. The number of amides is 1. The van der Waals surface area contributed by atoms with Crippen molar-refractivity contribution < 1.29 is 9.53 Å². The second-order valence-electron chi connectivity index (χ2n) is 4.91. The topological polar surface area (TPSA) is 50.4 Å². The van der Waals surface area contributed by atoms with Crippen molar-refractivity contribution in [1.29, 1.82) is 0 Å². The largest absolute Gasteiger partial charge is 0.494 e. The van der Waals surface area contributed by atoms with Gasteiger partial charge in [-0.05, 0) is 37.9 Å². The number of halogens is 1. The van der Waals surface area contributed by atoms with Gasteiger partial charge in [0.15, 0.2) is 0 Å². The van der Waals surface area contributed by atoms with Crippen molar-refractivity contribution in [2.75, 3.05) is 25.0 Å². The van der Waals surface area contributed by atoms with Crippen LogP contribution in [0, 0.1) is 5.92 Å². The number of rotatable bonds is 5. The number of carbonyl (C=O) groups excluding carboxylic acids is 1. The first-order valence-corrected chi connectivity index (χ1v) is 7.04. The van der Waals surface area contributed by atoms with E-state index in [2.05, 4.69) is 17.6 Å². The lowest BCUT2D eigenvalue weighted by Gasteiger charge is -2.22. The van der Waals surface area contributed by atoms with Gasteiger partial charge in [-0.1, -0.05) is 13.0 Å². The van der Waals surface area contributed by atoms with E-state index < -0.39 is 0 Å². The van der Waals surface area contributed by atoms with Gasteiger partial charge in [0.05, 0.1) is 12.5 Å². The van der Waals surface area contributed by atoms with Crippen LogP contribution in [0.1, 0.15) is 26.2 Å². The fraction of sp³-hybridized carbons (Fsp3) is 0.533. The number of carbonyl (C=O) groups is 1. The maximum Gasteiger partial charge on any atom is 0.228 e. The summed E-state index contributed by atoms with van der Waals surface area (Å²) in [7, 11) is 0. The molecule has 0 radical (unpaired) electrons. The minimum atomic E-state index is 0. The van der Waals surface area contributed by atoms with E-state index >= 15 is 0 Å². The van der Waals surface area contributed by atoms with E-state index in [0.29, 0.717) is 6.61 Å². The molecule has 0 saturated carbocycles. The Morgan fingerprint density at radius 2 is 2.35 bits per heavy atom. The molecule has 5 heteroatoms. The lowest BCUT2D eigenvalue weighted by Crippen LogP contribution is -2.37. The Morgan fingerprint density at radius 3 is 3.05 bits per heavy atom. The predicted molar refractivity (Wildman–Crippen MR) is 83.7 cm³/mol. The molecule has 1 fully saturated rings. The van der Waals surface area contributed by atoms with E-state index in [1.54, 1.807) is 0 Å². The summed E-state index contributed by atoms with van der Waals surface area (Å²) < 4.78 is 5.56. The Balaban J connectivity index is 0.00000200. The maximum absolute atomic E-state index is 12.1. The molecule has 1 aliphatic rings. The van der Waals surface area contributed by atoms with Gasteiger partial charge in [-0.25, -0.2) is 0 Å². The van der Waals surface area contributed by atoms with Gasteiger partial charge in [-0.15, -0.1) is 12.4 Å². The first-order valence-electron chi connectivity index (χ1n) is 7.04. The number of piperidine rings is 1. The molecular weight excluding hydrogens is 276 g/mol. The van der Waals surface area contributed by atoms with Crippen LogP contribution in [0.15, 0.2) is 24.3 Å². The third kappa shape index (κ3) is 5.02. The van der Waals surface area contributed by atoms with Crippen LogP contribution in [0.2, 0.25) is 0 Å². The van der Waals surface area contributed by atoms with Crippen molar-refractivity contribution in [2.24, 2.45) is 5.92 Å². The molecule has 112 valence electrons. The second-order valence-corrected chi connectivity index (χ2v) is 4.91. The third-order valence-electron chi connectivity index (χ3n) is 3.24. The first-order chi connectivity index (χ1) is 9.29. The van der Waals surface area contributed by atoms with Crippen molar-refractivity contribution in [2.45, 2.75) is 26.2 Å². The molecule has 2 rings (SSSR count). The lowest BCUT2D eigenvalue weighted by atomic mass is 9.99. The van der Waals surface area contributed by atoms with Crippen molar-refractivity contribution in [1.82, 2.24) is 5.32 Å². The number of hydrogen-bond donors (Lipinski definition) is 2. The summed E-state index contributed by atoms with van der Waals surface area (Å²) in [6, 6.07) is 7.59. The Labute approximate surface area is 126 Å². The Hall–Kier alpha value is -1.26. The second kappa shape index (κ2) is 8.82. The quantitative estimate of drug-likeness (QED) is 0.879. The fourth-order valence-corrected chi connectivity index (χ4v) is 2.20. The highest BCUT2D eigenvalue weighted by molar-refractivity contribution is 5.92. The number of anilines is 1. The molecule has 20 heavy (non-hydrogen) atoms. The van der Waals surface area contributed by atoms with Gasteiger partial charge in [0.1, 0.15) is 5.75 Å². The van der Waals surface area contributed by atoms with E-state index in [1.165, 1.54) is 0 Å². The lowest BCUT2D eigenvalue weighted by molar-refractivity contribution is -0.120. The van der Waals surface area contributed by atoms with Gasteiger partial charge in [-0.3, -0.25) is 4.79 Å². The smallest absolute Gasteiger partial charge is 0.228 e. The summed E-state index contributed by atoms with van der Waals surface area (Å²) in [5.41, 5.74) is 0.809. The average Bonchev–Trinajstić information content (AvgIpc) is 2.46. The summed E-state index contributed by atoms with van der Waals surface area (Å²) in [5.74, 6) is 0.982. The highest BCUT2D eigenvalue weighted by atomic mass is 35.5. The molecule has 1 aliphatic heterocycles. The Morgan fingerprint density at radius 1 is 1.50 bits per heavy atom. The number of benzene rings is 1. The molecule has 0 spiro atoms. The minimum absolute atomic E-state index is 0. The molecular formula is C15H23ClN2O2. The standard InChI is InChI=1S/C15H22N2O2.ClH/c1-2-9-19-14-7-3-6-13(10-14)17-15(18)12-5-4-8-16-11-12;/h3,6-7,10,12,16H,2,4-5,8-9,11H2,1H3,(H,17,18);1H.